The van der Waals surface area contributed by atoms with Gasteiger partial charge in [-0.05, 0) is 30.3 Å². The first-order valence-corrected chi connectivity index (χ1v) is 13.3. The lowest BCUT2D eigenvalue weighted by atomic mass is 9.73. The molecule has 1 spiro atoms. The fourth-order valence-electron chi connectivity index (χ4n) is 6.08. The molecule has 0 aromatic heterocycles. The van der Waals surface area contributed by atoms with Gasteiger partial charge < -0.3 is 15.0 Å². The number of ether oxygens (including phenoxy) is 1. The minimum absolute atomic E-state index is 0.0592. The smallest absolute Gasteiger partial charge is 0.312 e. The largest absolute Gasteiger partial charge is 0.461 e. The van der Waals surface area contributed by atoms with E-state index in [1.165, 1.54) is 53.3 Å². The molecule has 0 bridgehead atoms. The number of hydrogen-bond donors (Lipinski definition) is 1. The number of carbonyl (C=O) groups is 3. The van der Waals surface area contributed by atoms with Gasteiger partial charge in [-0.1, -0.05) is 59.1 Å². The Morgan fingerprint density at radius 2 is 1.79 bits per heavy atom. The number of halogens is 6. The molecule has 2 saturated heterocycles. The third-order valence-electron chi connectivity index (χ3n) is 7.48. The summed E-state index contributed by atoms with van der Waals surface area (Å²) in [4.78, 5) is 44.2. The van der Waals surface area contributed by atoms with E-state index in [1.807, 2.05) is 0 Å². The molecule has 4 atom stereocenters. The molecule has 3 heterocycles. The zero-order valence-electron chi connectivity index (χ0n) is 20.3. The van der Waals surface area contributed by atoms with Gasteiger partial charge >= 0.3 is 5.97 Å². The van der Waals surface area contributed by atoms with Crippen molar-refractivity contribution in [1.82, 2.24) is 4.90 Å². The summed E-state index contributed by atoms with van der Waals surface area (Å²) in [5, 5.41) is 3.30. The third kappa shape index (κ3) is 4.39. The first kappa shape index (κ1) is 28.1. The van der Waals surface area contributed by atoms with Crippen LogP contribution < -0.4 is 10.2 Å². The number of fused-ring (bicyclic) bond motifs is 4. The normalized spacial score (nSPS) is 26.7. The van der Waals surface area contributed by atoms with Gasteiger partial charge in [0.2, 0.25) is 5.91 Å². The van der Waals surface area contributed by atoms with Crippen molar-refractivity contribution in [2.75, 3.05) is 30.4 Å². The van der Waals surface area contributed by atoms with Gasteiger partial charge in [-0.25, -0.2) is 8.78 Å². The molecule has 2 fully saturated rings. The van der Waals surface area contributed by atoms with Crippen molar-refractivity contribution in [3.8, 4) is 0 Å². The van der Waals surface area contributed by atoms with Crippen molar-refractivity contribution >= 4 is 75.6 Å². The molecule has 3 aliphatic rings. The van der Waals surface area contributed by atoms with E-state index in [4.69, 9.17) is 51.1 Å². The molecule has 0 saturated carbocycles. The maximum absolute atomic E-state index is 15.0. The SMILES string of the molecule is C=CCOC(=O)[C@@H]1[C@H](C(=O)N(C)c2cc(Cl)cc(Cl)c2)C2CC(F)(F)CN2[C@@]12C(=O)Nc1c(Cl)cc(Cl)cc12. The molecule has 3 aliphatic heterocycles. The Morgan fingerprint density at radius 1 is 1.15 bits per heavy atom. The van der Waals surface area contributed by atoms with Crippen LogP contribution in [0.4, 0.5) is 20.2 Å². The lowest BCUT2D eigenvalue weighted by molar-refractivity contribution is -0.158. The minimum Gasteiger partial charge on any atom is -0.461 e. The first-order chi connectivity index (χ1) is 18.3. The van der Waals surface area contributed by atoms with E-state index >= 15 is 8.78 Å². The number of anilines is 2. The molecule has 1 unspecified atom stereocenters. The Kier molecular flexibility index (Phi) is 7.13. The molecule has 2 aromatic rings. The van der Waals surface area contributed by atoms with Gasteiger partial charge in [0.1, 0.15) is 18.1 Å². The van der Waals surface area contributed by atoms with Gasteiger partial charge in [-0.2, -0.15) is 0 Å². The van der Waals surface area contributed by atoms with E-state index in [0.717, 1.165) is 0 Å². The van der Waals surface area contributed by atoms with Crippen molar-refractivity contribution in [1.29, 1.82) is 0 Å². The number of hydrogen-bond acceptors (Lipinski definition) is 5. The van der Waals surface area contributed by atoms with Crippen LogP contribution in [0.15, 0.2) is 43.0 Å². The van der Waals surface area contributed by atoms with Crippen LogP contribution in [-0.2, 0) is 24.7 Å². The highest BCUT2D eigenvalue weighted by molar-refractivity contribution is 6.38. The summed E-state index contributed by atoms with van der Waals surface area (Å²) in [6.45, 7) is 2.43. The molecule has 39 heavy (non-hydrogen) atoms. The van der Waals surface area contributed by atoms with Crippen LogP contribution in [0.1, 0.15) is 12.0 Å². The molecular formula is C26H21Cl4F2N3O4. The lowest BCUT2D eigenvalue weighted by Crippen LogP contribution is -2.54. The molecule has 0 aliphatic carbocycles. The summed E-state index contributed by atoms with van der Waals surface area (Å²) in [6.07, 6.45) is 0.555. The van der Waals surface area contributed by atoms with E-state index < -0.39 is 60.1 Å². The van der Waals surface area contributed by atoms with Crippen LogP contribution in [0.3, 0.4) is 0 Å². The highest BCUT2D eigenvalue weighted by Crippen LogP contribution is 2.61. The summed E-state index contributed by atoms with van der Waals surface area (Å²) < 4.78 is 35.5. The number of nitrogens with one attached hydrogen (secondary N) is 1. The van der Waals surface area contributed by atoms with Crippen LogP contribution in [-0.4, -0.2) is 54.8 Å². The number of carbonyl (C=O) groups excluding carboxylic acids is 3. The van der Waals surface area contributed by atoms with Crippen molar-refractivity contribution in [2.45, 2.75) is 23.9 Å². The summed E-state index contributed by atoms with van der Waals surface area (Å²) in [5.74, 6) is -8.62. The Labute approximate surface area is 242 Å². The van der Waals surface area contributed by atoms with Crippen LogP contribution in [0.25, 0.3) is 0 Å². The summed E-state index contributed by atoms with van der Waals surface area (Å²) >= 11 is 24.9. The fraction of sp³-hybridized carbons (Fsp3) is 0.346. The predicted molar refractivity (Wildman–Crippen MR) is 145 cm³/mol. The Hall–Kier alpha value is -2.43. The predicted octanol–water partition coefficient (Wildman–Crippen LogP) is 5.80. The molecule has 7 nitrogen and oxygen atoms in total. The summed E-state index contributed by atoms with van der Waals surface area (Å²) in [5.41, 5.74) is -1.52. The van der Waals surface area contributed by atoms with Gasteiger partial charge in [0.05, 0.1) is 23.2 Å². The molecule has 2 amide bonds. The first-order valence-electron chi connectivity index (χ1n) is 11.8. The average molecular weight is 619 g/mol. The number of esters is 1. The van der Waals surface area contributed by atoms with Gasteiger partial charge in [0, 0.05) is 45.8 Å². The van der Waals surface area contributed by atoms with Crippen LogP contribution in [0.5, 0.6) is 0 Å². The zero-order valence-corrected chi connectivity index (χ0v) is 23.3. The van der Waals surface area contributed by atoms with Crippen molar-refractivity contribution in [2.24, 2.45) is 11.8 Å². The van der Waals surface area contributed by atoms with Crippen LogP contribution in [0.2, 0.25) is 20.1 Å². The standard InChI is InChI=1S/C26H21Cl4F2N3O4/c1-3-4-39-23(37)20-19(22(36)34(2)15-6-12(27)5-13(28)7-15)18-10-25(31,32)11-35(18)26(20)16-8-14(29)9-17(30)21(16)33-24(26)38/h3,5-9,18-20H,1,4,10-11H2,2H3,(H,33,38)/t18?,19-,20+,26-/m1/s1. The second kappa shape index (κ2) is 9.89. The Morgan fingerprint density at radius 3 is 2.44 bits per heavy atom. The minimum atomic E-state index is -3.25. The number of nitrogens with zero attached hydrogens (tertiary/aromatic N) is 2. The van der Waals surface area contributed by atoms with E-state index in [-0.39, 0.29) is 43.6 Å². The highest BCUT2D eigenvalue weighted by atomic mass is 35.5. The second-order valence-corrected chi connectivity index (χ2v) is 11.4. The topological polar surface area (TPSA) is 79.0 Å². The van der Waals surface area contributed by atoms with Crippen LogP contribution >= 0.6 is 46.4 Å². The molecule has 1 N–H and O–H groups in total. The number of amides is 2. The summed E-state index contributed by atoms with van der Waals surface area (Å²) in [7, 11) is 1.41. The molecule has 2 aromatic carbocycles. The van der Waals surface area contributed by atoms with E-state index in [1.54, 1.807) is 0 Å². The second-order valence-electron chi connectivity index (χ2n) is 9.73. The lowest BCUT2D eigenvalue weighted by Gasteiger charge is -2.36. The fourth-order valence-corrected chi connectivity index (χ4v) is 7.14. The van der Waals surface area contributed by atoms with E-state index in [0.29, 0.717) is 0 Å². The van der Waals surface area contributed by atoms with E-state index in [2.05, 4.69) is 11.9 Å². The number of benzene rings is 2. The highest BCUT2D eigenvalue weighted by Gasteiger charge is 2.75. The van der Waals surface area contributed by atoms with Gasteiger partial charge in [-0.15, -0.1) is 0 Å². The van der Waals surface area contributed by atoms with E-state index in [9.17, 15) is 14.4 Å². The Bertz CT molecular complexity index is 1400. The van der Waals surface area contributed by atoms with Crippen LogP contribution in [0, 0.1) is 11.8 Å². The third-order valence-corrected chi connectivity index (χ3v) is 8.44. The molecular weight excluding hydrogens is 598 g/mol. The monoisotopic (exact) mass is 617 g/mol. The van der Waals surface area contributed by atoms with Gasteiger partial charge in [-0.3, -0.25) is 19.3 Å². The quantitative estimate of drug-likeness (QED) is 0.339. The van der Waals surface area contributed by atoms with Crippen molar-refractivity contribution in [3.63, 3.8) is 0 Å². The van der Waals surface area contributed by atoms with Crippen molar-refractivity contribution in [3.05, 3.63) is 68.6 Å². The number of rotatable bonds is 5. The summed E-state index contributed by atoms with van der Waals surface area (Å²) in [6, 6.07) is 5.99. The average Bonchev–Trinajstić information content (AvgIpc) is 3.42. The molecule has 13 heteroatoms. The maximum atomic E-state index is 15.0. The van der Waals surface area contributed by atoms with Gasteiger partial charge in [0.25, 0.3) is 11.8 Å². The molecule has 5 rings (SSSR count). The van der Waals surface area contributed by atoms with Crippen molar-refractivity contribution < 1.29 is 27.9 Å². The Balaban J connectivity index is 1.73. The van der Waals surface area contributed by atoms with Gasteiger partial charge in [0.15, 0.2) is 0 Å². The zero-order chi connectivity index (χ0) is 28.4. The number of alkyl halides is 2. The molecule has 0 radical (unpaired) electrons. The molecule has 206 valence electrons. The maximum Gasteiger partial charge on any atom is 0.312 e.